The maximum atomic E-state index is 12.2. The predicted molar refractivity (Wildman–Crippen MR) is 78.4 cm³/mol. The van der Waals surface area contributed by atoms with Gasteiger partial charge in [0.05, 0.1) is 30.5 Å². The zero-order valence-corrected chi connectivity index (χ0v) is 12.6. The molecule has 0 fully saturated rings. The van der Waals surface area contributed by atoms with Crippen molar-refractivity contribution in [3.05, 3.63) is 23.8 Å². The number of benzene rings is 1. The summed E-state index contributed by atoms with van der Waals surface area (Å²) in [6, 6.07) is 6.18. The molecule has 0 aliphatic carbocycles. The van der Waals surface area contributed by atoms with Crippen LogP contribution in [0.1, 0.15) is 12.5 Å². The zero-order chi connectivity index (χ0) is 15.7. The van der Waals surface area contributed by atoms with Gasteiger partial charge < -0.3 is 15.2 Å². The fourth-order valence-corrected chi connectivity index (χ4v) is 2.81. The molecular formula is C13H19N3O4S. The lowest BCUT2D eigenvalue weighted by atomic mass is 10.2. The molecule has 3 N–H and O–H groups in total. The molecule has 0 aliphatic heterocycles. The number of rotatable bonds is 9. The summed E-state index contributed by atoms with van der Waals surface area (Å²) in [7, 11) is -3.71. The maximum absolute atomic E-state index is 12.2. The standard InChI is InChI=1S/C13H19N3O4S/c1-2-20-8-6-16-21(18,19)13-4-3-11(10-14)9-12(13)15-5-7-17/h3-4,9,15-17H,2,5-8H2,1H3. The van der Waals surface area contributed by atoms with Crippen LogP contribution in [-0.2, 0) is 14.8 Å². The first-order valence-electron chi connectivity index (χ1n) is 6.51. The second kappa shape index (κ2) is 8.59. The molecule has 0 radical (unpaired) electrons. The molecule has 0 unspecified atom stereocenters. The first kappa shape index (κ1) is 17.4. The van der Waals surface area contributed by atoms with E-state index in [2.05, 4.69) is 10.0 Å². The van der Waals surface area contributed by atoms with Crippen LogP contribution in [0.4, 0.5) is 5.69 Å². The molecule has 116 valence electrons. The second-order valence-electron chi connectivity index (χ2n) is 4.07. The Balaban J connectivity index is 2.95. The number of nitrogens with zero attached hydrogens (tertiary/aromatic N) is 1. The summed E-state index contributed by atoms with van der Waals surface area (Å²) in [6.45, 7) is 2.83. The molecule has 0 saturated heterocycles. The van der Waals surface area contributed by atoms with Crippen molar-refractivity contribution >= 4 is 15.7 Å². The number of anilines is 1. The number of aliphatic hydroxyl groups is 1. The van der Waals surface area contributed by atoms with Gasteiger partial charge in [-0.15, -0.1) is 0 Å². The van der Waals surface area contributed by atoms with Gasteiger partial charge in [0.2, 0.25) is 10.0 Å². The fourth-order valence-electron chi connectivity index (χ4n) is 1.63. The van der Waals surface area contributed by atoms with Crippen LogP contribution >= 0.6 is 0 Å². The van der Waals surface area contributed by atoms with E-state index in [1.807, 2.05) is 13.0 Å². The van der Waals surface area contributed by atoms with E-state index < -0.39 is 10.0 Å². The predicted octanol–water partition coefficient (Wildman–Crippen LogP) is 0.277. The van der Waals surface area contributed by atoms with Gasteiger partial charge in [-0.1, -0.05) is 0 Å². The van der Waals surface area contributed by atoms with Crippen LogP contribution in [-0.4, -0.2) is 46.4 Å². The van der Waals surface area contributed by atoms with Crippen LogP contribution in [0.25, 0.3) is 0 Å². The molecule has 8 heteroatoms. The van der Waals surface area contributed by atoms with Gasteiger partial charge in [0.15, 0.2) is 0 Å². The van der Waals surface area contributed by atoms with Gasteiger partial charge in [-0.2, -0.15) is 5.26 Å². The van der Waals surface area contributed by atoms with Crippen molar-refractivity contribution in [1.82, 2.24) is 4.72 Å². The first-order valence-corrected chi connectivity index (χ1v) is 7.99. The zero-order valence-electron chi connectivity index (χ0n) is 11.8. The molecule has 0 saturated carbocycles. The molecule has 0 heterocycles. The van der Waals surface area contributed by atoms with E-state index in [1.165, 1.54) is 18.2 Å². The van der Waals surface area contributed by atoms with Crippen molar-refractivity contribution in [2.45, 2.75) is 11.8 Å². The smallest absolute Gasteiger partial charge is 0.242 e. The van der Waals surface area contributed by atoms with Crippen molar-refractivity contribution in [2.75, 3.05) is 38.2 Å². The Morgan fingerprint density at radius 1 is 1.38 bits per heavy atom. The molecule has 0 aromatic heterocycles. The highest BCUT2D eigenvalue weighted by molar-refractivity contribution is 7.89. The van der Waals surface area contributed by atoms with E-state index >= 15 is 0 Å². The molecule has 7 nitrogen and oxygen atoms in total. The van der Waals surface area contributed by atoms with Crippen LogP contribution in [0.3, 0.4) is 0 Å². The van der Waals surface area contributed by atoms with E-state index in [9.17, 15) is 8.42 Å². The van der Waals surface area contributed by atoms with E-state index in [-0.39, 0.29) is 36.9 Å². The lowest BCUT2D eigenvalue weighted by molar-refractivity contribution is 0.153. The van der Waals surface area contributed by atoms with Gasteiger partial charge in [-0.3, -0.25) is 0 Å². The third-order valence-corrected chi connectivity index (χ3v) is 4.09. The maximum Gasteiger partial charge on any atom is 0.242 e. The fraction of sp³-hybridized carbons (Fsp3) is 0.462. The van der Waals surface area contributed by atoms with Crippen LogP contribution in [0.2, 0.25) is 0 Å². The lowest BCUT2D eigenvalue weighted by Crippen LogP contribution is -2.28. The highest BCUT2D eigenvalue weighted by Gasteiger charge is 2.18. The van der Waals surface area contributed by atoms with Crippen LogP contribution in [0, 0.1) is 11.3 Å². The summed E-state index contributed by atoms with van der Waals surface area (Å²) in [5.74, 6) is 0. The molecule has 21 heavy (non-hydrogen) atoms. The first-order chi connectivity index (χ1) is 10.0. The minimum Gasteiger partial charge on any atom is -0.395 e. The summed E-state index contributed by atoms with van der Waals surface area (Å²) in [6.07, 6.45) is 0. The summed E-state index contributed by atoms with van der Waals surface area (Å²) >= 11 is 0. The number of hydrogen-bond donors (Lipinski definition) is 3. The number of sulfonamides is 1. The van der Waals surface area contributed by atoms with E-state index in [0.717, 1.165) is 0 Å². The Bertz CT molecular complexity index is 596. The number of ether oxygens (including phenoxy) is 1. The minimum absolute atomic E-state index is 0.0337. The summed E-state index contributed by atoms with van der Waals surface area (Å²) in [5, 5.41) is 20.5. The Kier molecular flexibility index (Phi) is 7.11. The second-order valence-corrected chi connectivity index (χ2v) is 5.80. The minimum atomic E-state index is -3.71. The number of hydrogen-bond acceptors (Lipinski definition) is 6. The average Bonchev–Trinajstić information content (AvgIpc) is 2.49. The SMILES string of the molecule is CCOCCNS(=O)(=O)c1ccc(C#N)cc1NCCO. The molecule has 1 aromatic carbocycles. The van der Waals surface area contributed by atoms with Gasteiger partial charge in [-0.05, 0) is 25.1 Å². The molecule has 1 rings (SSSR count). The molecule has 0 bridgehead atoms. The third kappa shape index (κ3) is 5.32. The van der Waals surface area contributed by atoms with Crippen molar-refractivity contribution in [3.8, 4) is 6.07 Å². The topological polar surface area (TPSA) is 111 Å². The molecular weight excluding hydrogens is 294 g/mol. The molecule has 1 aromatic rings. The van der Waals surface area contributed by atoms with E-state index in [1.54, 1.807) is 0 Å². The molecule has 0 aliphatic rings. The normalized spacial score (nSPS) is 11.1. The van der Waals surface area contributed by atoms with Crippen molar-refractivity contribution in [1.29, 1.82) is 5.26 Å². The van der Waals surface area contributed by atoms with Gasteiger partial charge in [-0.25, -0.2) is 13.1 Å². The Morgan fingerprint density at radius 2 is 2.14 bits per heavy atom. The van der Waals surface area contributed by atoms with Crippen LogP contribution < -0.4 is 10.0 Å². The highest BCUT2D eigenvalue weighted by Crippen LogP contribution is 2.22. The average molecular weight is 313 g/mol. The molecule has 0 atom stereocenters. The van der Waals surface area contributed by atoms with Crippen molar-refractivity contribution in [2.24, 2.45) is 0 Å². The van der Waals surface area contributed by atoms with Crippen molar-refractivity contribution in [3.63, 3.8) is 0 Å². The van der Waals surface area contributed by atoms with E-state index in [4.69, 9.17) is 15.1 Å². The Labute approximate surface area is 124 Å². The quantitative estimate of drug-likeness (QED) is 0.565. The van der Waals surface area contributed by atoms with Gasteiger partial charge >= 0.3 is 0 Å². The largest absolute Gasteiger partial charge is 0.395 e. The van der Waals surface area contributed by atoms with Gasteiger partial charge in [0, 0.05) is 19.7 Å². The van der Waals surface area contributed by atoms with Crippen LogP contribution in [0.15, 0.2) is 23.1 Å². The Hall–Kier alpha value is -1.66. The number of aliphatic hydroxyl groups excluding tert-OH is 1. The lowest BCUT2D eigenvalue weighted by Gasteiger charge is -2.13. The summed E-state index contributed by atoms with van der Waals surface area (Å²) in [4.78, 5) is 0.0337. The Morgan fingerprint density at radius 3 is 2.76 bits per heavy atom. The third-order valence-electron chi connectivity index (χ3n) is 2.57. The molecule has 0 spiro atoms. The van der Waals surface area contributed by atoms with E-state index in [0.29, 0.717) is 12.2 Å². The van der Waals surface area contributed by atoms with Gasteiger partial charge in [0.1, 0.15) is 4.90 Å². The monoisotopic (exact) mass is 313 g/mol. The van der Waals surface area contributed by atoms with Crippen LogP contribution in [0.5, 0.6) is 0 Å². The number of nitrogens with one attached hydrogen (secondary N) is 2. The number of nitriles is 1. The van der Waals surface area contributed by atoms with Crippen molar-refractivity contribution < 1.29 is 18.3 Å². The highest BCUT2D eigenvalue weighted by atomic mass is 32.2. The summed E-state index contributed by atoms with van der Waals surface area (Å²) in [5.41, 5.74) is 0.621. The van der Waals surface area contributed by atoms with Gasteiger partial charge in [0.25, 0.3) is 0 Å². The summed E-state index contributed by atoms with van der Waals surface area (Å²) < 4.78 is 32.0. The molecule has 0 amide bonds.